The lowest BCUT2D eigenvalue weighted by molar-refractivity contribution is -0.167. The van der Waals surface area contributed by atoms with Crippen LogP contribution in [0.4, 0.5) is 0 Å². The average Bonchev–Trinajstić information content (AvgIpc) is 3.45. The molecule has 0 aromatic heterocycles. The molecule has 6 heteroatoms. The highest BCUT2D eigenvalue weighted by atomic mass is 16.6. The number of unbranched alkanes of at least 4 members (excludes halogenated alkanes) is 43. The Balaban J connectivity index is 4.35. The fourth-order valence-electron chi connectivity index (χ4n) is 10.4. The van der Waals surface area contributed by atoms with Gasteiger partial charge in [0.25, 0.3) is 0 Å². The predicted octanol–water partition coefficient (Wildman–Crippen LogP) is 23.9. The van der Waals surface area contributed by atoms with Crippen molar-refractivity contribution in [1.82, 2.24) is 0 Å². The van der Waals surface area contributed by atoms with Gasteiger partial charge in [0, 0.05) is 19.3 Å². The van der Waals surface area contributed by atoms with Crippen LogP contribution < -0.4 is 0 Å². The first-order chi connectivity index (χ1) is 39.0. The third-order valence-corrected chi connectivity index (χ3v) is 15.5. The Labute approximate surface area is 491 Å². The number of ether oxygens (including phenoxy) is 3. The molecule has 0 heterocycles. The third kappa shape index (κ3) is 65.8. The zero-order valence-electron chi connectivity index (χ0n) is 52.9. The summed E-state index contributed by atoms with van der Waals surface area (Å²) in [7, 11) is 0. The topological polar surface area (TPSA) is 78.9 Å². The zero-order chi connectivity index (χ0) is 57.1. The highest BCUT2D eigenvalue weighted by Gasteiger charge is 2.19. The second-order valence-corrected chi connectivity index (χ2v) is 23.4. The number of rotatable bonds is 64. The van der Waals surface area contributed by atoms with Gasteiger partial charge in [-0.3, -0.25) is 14.4 Å². The van der Waals surface area contributed by atoms with Gasteiger partial charge in [0.05, 0.1) is 0 Å². The number of hydrogen-bond donors (Lipinski definition) is 0. The molecule has 0 aliphatic carbocycles. The van der Waals surface area contributed by atoms with Gasteiger partial charge in [0.15, 0.2) is 6.10 Å². The largest absolute Gasteiger partial charge is 0.462 e. The first-order valence-corrected chi connectivity index (χ1v) is 34.8. The van der Waals surface area contributed by atoms with E-state index in [1.54, 1.807) is 0 Å². The summed E-state index contributed by atoms with van der Waals surface area (Å²) in [6.07, 6.45) is 86.7. The molecule has 0 aliphatic heterocycles. The second kappa shape index (κ2) is 67.6. The number of esters is 3. The molecule has 460 valence electrons. The van der Waals surface area contributed by atoms with Crippen molar-refractivity contribution in [3.05, 3.63) is 60.8 Å². The van der Waals surface area contributed by atoms with E-state index in [1.165, 1.54) is 218 Å². The van der Waals surface area contributed by atoms with Crippen LogP contribution in [-0.4, -0.2) is 37.2 Å². The van der Waals surface area contributed by atoms with Crippen LogP contribution in [0.2, 0.25) is 0 Å². The fourth-order valence-corrected chi connectivity index (χ4v) is 10.4. The van der Waals surface area contributed by atoms with E-state index in [-0.39, 0.29) is 31.1 Å². The van der Waals surface area contributed by atoms with Gasteiger partial charge < -0.3 is 14.2 Å². The standard InChI is InChI=1S/C73H132O6/c1-4-7-10-13-16-19-22-25-28-31-33-35-36-38-39-42-45-48-51-54-57-60-63-66-72(75)78-69-70(68-77-71(74)65-62-59-56-53-50-47-44-41-30-27-24-21-18-15-12-9-6-3)79-73(76)67-64-61-58-55-52-49-46-43-40-37-34-32-29-26-23-20-17-14-11-8-5-2/h8,11,17,20,26,29,34,37,43,46,70H,4-7,9-10,12-16,18-19,21-25,27-28,30-33,35-36,38-42,44-45,47-69H2,1-3H3/b11-8-,20-17-,29-26-,37-34-,46-43-. The zero-order valence-corrected chi connectivity index (χ0v) is 52.9. The number of carbonyl (C=O) groups excluding carboxylic acids is 3. The SMILES string of the molecule is CC/C=C\C/C=C\C/C=C\C/C=C\C/C=C\CCCCCCCC(=O)OC(COC(=O)CCCCCCCCCCCCCCCCCCC)COC(=O)CCCCCCCCCCCCCCCCCCCCCCCCC. The van der Waals surface area contributed by atoms with E-state index in [4.69, 9.17) is 14.2 Å². The van der Waals surface area contributed by atoms with Crippen molar-refractivity contribution in [1.29, 1.82) is 0 Å². The molecule has 6 nitrogen and oxygen atoms in total. The lowest BCUT2D eigenvalue weighted by Crippen LogP contribution is -2.30. The van der Waals surface area contributed by atoms with E-state index in [2.05, 4.69) is 81.5 Å². The van der Waals surface area contributed by atoms with Crippen molar-refractivity contribution in [3.63, 3.8) is 0 Å². The Morgan fingerprint density at radius 2 is 0.494 bits per heavy atom. The molecule has 0 spiro atoms. The Bertz CT molecular complexity index is 1410. The Kier molecular flexibility index (Phi) is 65.1. The molecular weight excluding hydrogens is 973 g/mol. The first-order valence-electron chi connectivity index (χ1n) is 34.8. The summed E-state index contributed by atoms with van der Waals surface area (Å²) in [6, 6.07) is 0. The van der Waals surface area contributed by atoms with Gasteiger partial charge >= 0.3 is 17.9 Å². The molecule has 0 radical (unpaired) electrons. The lowest BCUT2D eigenvalue weighted by atomic mass is 10.0. The smallest absolute Gasteiger partial charge is 0.306 e. The maximum Gasteiger partial charge on any atom is 0.306 e. The van der Waals surface area contributed by atoms with E-state index in [0.717, 1.165) is 109 Å². The highest BCUT2D eigenvalue weighted by Crippen LogP contribution is 2.18. The lowest BCUT2D eigenvalue weighted by Gasteiger charge is -2.18. The maximum absolute atomic E-state index is 12.9. The molecule has 0 saturated heterocycles. The second-order valence-electron chi connectivity index (χ2n) is 23.4. The summed E-state index contributed by atoms with van der Waals surface area (Å²) in [5, 5.41) is 0. The molecule has 0 saturated carbocycles. The van der Waals surface area contributed by atoms with Gasteiger partial charge in [-0.05, 0) is 64.2 Å². The number of hydrogen-bond acceptors (Lipinski definition) is 6. The fraction of sp³-hybridized carbons (Fsp3) is 0.822. The number of allylic oxidation sites excluding steroid dienone is 10. The van der Waals surface area contributed by atoms with Gasteiger partial charge in [0.1, 0.15) is 13.2 Å². The van der Waals surface area contributed by atoms with Crippen molar-refractivity contribution >= 4 is 17.9 Å². The summed E-state index contributed by atoms with van der Waals surface area (Å²) in [5.41, 5.74) is 0. The monoisotopic (exact) mass is 1110 g/mol. The minimum Gasteiger partial charge on any atom is -0.462 e. The van der Waals surface area contributed by atoms with Crippen LogP contribution in [0.15, 0.2) is 60.8 Å². The molecular formula is C73H132O6. The molecule has 0 rings (SSSR count). The molecule has 79 heavy (non-hydrogen) atoms. The predicted molar refractivity (Wildman–Crippen MR) is 344 cm³/mol. The summed E-state index contributed by atoms with van der Waals surface area (Å²) in [4.78, 5) is 38.5. The van der Waals surface area contributed by atoms with E-state index in [0.29, 0.717) is 19.3 Å². The normalized spacial score (nSPS) is 12.4. The van der Waals surface area contributed by atoms with Crippen LogP contribution in [0.1, 0.15) is 367 Å². The molecule has 0 aliphatic rings. The summed E-state index contributed by atoms with van der Waals surface area (Å²) in [5.74, 6) is -0.870. The van der Waals surface area contributed by atoms with Crippen molar-refractivity contribution in [3.8, 4) is 0 Å². The van der Waals surface area contributed by atoms with Crippen LogP contribution in [0.3, 0.4) is 0 Å². The van der Waals surface area contributed by atoms with Crippen molar-refractivity contribution in [2.24, 2.45) is 0 Å². The summed E-state index contributed by atoms with van der Waals surface area (Å²) < 4.78 is 17.0. The van der Waals surface area contributed by atoms with Crippen molar-refractivity contribution in [2.75, 3.05) is 13.2 Å². The van der Waals surface area contributed by atoms with Crippen molar-refractivity contribution < 1.29 is 28.6 Å². The summed E-state index contributed by atoms with van der Waals surface area (Å²) >= 11 is 0. The molecule has 0 aromatic rings. The Morgan fingerprint density at radius 3 is 0.772 bits per heavy atom. The number of carbonyl (C=O) groups is 3. The van der Waals surface area contributed by atoms with Gasteiger partial charge in [-0.15, -0.1) is 0 Å². The van der Waals surface area contributed by atoms with Gasteiger partial charge in [0.2, 0.25) is 0 Å². The van der Waals surface area contributed by atoms with Gasteiger partial charge in [-0.1, -0.05) is 345 Å². The van der Waals surface area contributed by atoms with E-state index >= 15 is 0 Å². The maximum atomic E-state index is 12.9. The summed E-state index contributed by atoms with van der Waals surface area (Å²) in [6.45, 7) is 6.58. The molecule has 1 atom stereocenters. The van der Waals surface area contributed by atoms with E-state index < -0.39 is 6.10 Å². The van der Waals surface area contributed by atoms with Crippen LogP contribution in [0.25, 0.3) is 0 Å². The van der Waals surface area contributed by atoms with Gasteiger partial charge in [-0.25, -0.2) is 0 Å². The average molecular weight is 1110 g/mol. The molecule has 1 unspecified atom stereocenters. The first kappa shape index (κ1) is 76.1. The Morgan fingerprint density at radius 1 is 0.266 bits per heavy atom. The van der Waals surface area contributed by atoms with Crippen molar-refractivity contribution in [2.45, 2.75) is 374 Å². The highest BCUT2D eigenvalue weighted by molar-refractivity contribution is 5.71. The van der Waals surface area contributed by atoms with Crippen LogP contribution in [0.5, 0.6) is 0 Å². The van der Waals surface area contributed by atoms with Crippen LogP contribution in [0, 0.1) is 0 Å². The molecule has 0 N–H and O–H groups in total. The van der Waals surface area contributed by atoms with Crippen LogP contribution in [-0.2, 0) is 28.6 Å². The third-order valence-electron chi connectivity index (χ3n) is 15.5. The molecule has 0 aromatic carbocycles. The Hall–Kier alpha value is -2.89. The minimum absolute atomic E-state index is 0.0772. The molecule has 0 bridgehead atoms. The minimum atomic E-state index is -0.784. The molecule has 0 fully saturated rings. The van der Waals surface area contributed by atoms with Crippen LogP contribution >= 0.6 is 0 Å². The molecule has 0 amide bonds. The quantitative estimate of drug-likeness (QED) is 0.0261. The van der Waals surface area contributed by atoms with E-state index in [9.17, 15) is 14.4 Å². The van der Waals surface area contributed by atoms with E-state index in [1.807, 2.05) is 0 Å². The van der Waals surface area contributed by atoms with Gasteiger partial charge in [-0.2, -0.15) is 0 Å².